The molecular weight excluding hydrogens is 272 g/mol. The van der Waals surface area contributed by atoms with Gasteiger partial charge >= 0.3 is 0 Å². The Morgan fingerprint density at radius 2 is 1.38 bits per heavy atom. The van der Waals surface area contributed by atoms with E-state index < -0.39 is 12.2 Å². The van der Waals surface area contributed by atoms with E-state index in [2.05, 4.69) is 19.9 Å². The fraction of sp³-hybridized carbons (Fsp3) is 0.571. The lowest BCUT2D eigenvalue weighted by molar-refractivity contribution is -0.00714. The summed E-state index contributed by atoms with van der Waals surface area (Å²) < 4.78 is 5.34. The lowest BCUT2D eigenvalue weighted by atomic mass is 10.2. The van der Waals surface area contributed by atoms with Gasteiger partial charge in [0.1, 0.15) is 11.6 Å². The zero-order valence-corrected chi connectivity index (χ0v) is 12.3. The Balaban J connectivity index is 1.64. The van der Waals surface area contributed by atoms with Gasteiger partial charge in [0, 0.05) is 25.2 Å². The van der Waals surface area contributed by atoms with E-state index in [1.807, 2.05) is 13.8 Å². The van der Waals surface area contributed by atoms with Crippen molar-refractivity contribution in [2.24, 2.45) is 0 Å². The molecule has 0 spiro atoms. The number of rotatable bonds is 8. The van der Waals surface area contributed by atoms with E-state index >= 15 is 0 Å². The van der Waals surface area contributed by atoms with E-state index in [1.165, 1.54) is 0 Å². The largest absolute Gasteiger partial charge is 0.390 e. The van der Waals surface area contributed by atoms with Crippen molar-refractivity contribution in [3.63, 3.8) is 0 Å². The average Bonchev–Trinajstić information content (AvgIpc) is 2.98. The van der Waals surface area contributed by atoms with E-state index in [0.29, 0.717) is 12.8 Å². The molecule has 7 nitrogen and oxygen atoms in total. The molecule has 0 aromatic carbocycles. The molecule has 2 aromatic heterocycles. The van der Waals surface area contributed by atoms with Crippen LogP contribution in [0.2, 0.25) is 0 Å². The van der Waals surface area contributed by atoms with E-state index in [4.69, 9.17) is 4.74 Å². The predicted molar refractivity (Wildman–Crippen MR) is 76.9 cm³/mol. The van der Waals surface area contributed by atoms with Crippen molar-refractivity contribution in [1.29, 1.82) is 0 Å². The van der Waals surface area contributed by atoms with E-state index in [1.54, 1.807) is 12.4 Å². The molecule has 2 atom stereocenters. The van der Waals surface area contributed by atoms with Gasteiger partial charge in [-0.3, -0.25) is 0 Å². The summed E-state index contributed by atoms with van der Waals surface area (Å²) in [6.07, 6.45) is 3.14. The Kier molecular flexibility index (Phi) is 5.49. The third-order valence-corrected chi connectivity index (χ3v) is 3.03. The Bertz CT molecular complexity index is 504. The molecule has 0 fully saturated rings. The number of aliphatic hydroxyl groups is 2. The monoisotopic (exact) mass is 294 g/mol. The maximum Gasteiger partial charge on any atom is 0.103 e. The fourth-order valence-corrected chi connectivity index (χ4v) is 2.09. The zero-order valence-electron chi connectivity index (χ0n) is 12.3. The highest BCUT2D eigenvalue weighted by molar-refractivity contribution is 5.02. The van der Waals surface area contributed by atoms with E-state index in [9.17, 15) is 10.2 Å². The Labute approximate surface area is 123 Å². The summed E-state index contributed by atoms with van der Waals surface area (Å²) in [4.78, 5) is 14.4. The highest BCUT2D eigenvalue weighted by Gasteiger charge is 2.11. The van der Waals surface area contributed by atoms with Crippen molar-refractivity contribution < 1.29 is 14.9 Å². The molecule has 2 rings (SSSR count). The molecule has 4 N–H and O–H groups in total. The van der Waals surface area contributed by atoms with Gasteiger partial charge in [-0.15, -0.1) is 0 Å². The summed E-state index contributed by atoms with van der Waals surface area (Å²) in [6.45, 7) is 4.06. The molecule has 21 heavy (non-hydrogen) atoms. The number of hydrogen-bond acceptors (Lipinski definition) is 5. The summed E-state index contributed by atoms with van der Waals surface area (Å²) in [5, 5.41) is 19.7. The molecule has 2 unspecified atom stereocenters. The van der Waals surface area contributed by atoms with Gasteiger partial charge in [0.05, 0.1) is 36.8 Å². The smallest absolute Gasteiger partial charge is 0.103 e. The van der Waals surface area contributed by atoms with Crippen LogP contribution in [0.3, 0.4) is 0 Å². The van der Waals surface area contributed by atoms with Gasteiger partial charge in [0.25, 0.3) is 0 Å². The van der Waals surface area contributed by atoms with E-state index in [-0.39, 0.29) is 13.2 Å². The summed E-state index contributed by atoms with van der Waals surface area (Å²) in [6, 6.07) is 0. The summed E-state index contributed by atoms with van der Waals surface area (Å²) in [7, 11) is 0. The first-order valence-electron chi connectivity index (χ1n) is 6.98. The van der Waals surface area contributed by atoms with Crippen molar-refractivity contribution in [1.82, 2.24) is 19.9 Å². The lowest BCUT2D eigenvalue weighted by Crippen LogP contribution is -2.24. The number of H-pyrrole nitrogens is 2. The van der Waals surface area contributed by atoms with Crippen LogP contribution in [0.1, 0.15) is 23.0 Å². The normalized spacial score (nSPS) is 14.3. The second kappa shape index (κ2) is 7.35. The molecule has 0 aliphatic carbocycles. The number of aromatic nitrogens is 4. The molecule has 0 aliphatic rings. The van der Waals surface area contributed by atoms with Gasteiger partial charge in [-0.25, -0.2) is 9.97 Å². The van der Waals surface area contributed by atoms with Crippen LogP contribution in [0.15, 0.2) is 12.4 Å². The number of aryl methyl sites for hydroxylation is 2. The van der Waals surface area contributed by atoms with Gasteiger partial charge in [-0.05, 0) is 13.8 Å². The van der Waals surface area contributed by atoms with Crippen LogP contribution in [0.25, 0.3) is 0 Å². The van der Waals surface area contributed by atoms with Gasteiger partial charge in [0.15, 0.2) is 0 Å². The number of nitrogens with one attached hydrogen (secondary N) is 2. The molecule has 2 aromatic rings. The Morgan fingerprint density at radius 1 is 0.952 bits per heavy atom. The topological polar surface area (TPSA) is 107 Å². The standard InChI is InChI=1S/C14H22N4O3/c1-9-15-5-11(17-9)3-13(19)7-21-8-14(20)4-12-6-16-10(2)18-12/h5-6,13-14,19-20H,3-4,7-8H2,1-2H3,(H,15,17)(H,16,18). The van der Waals surface area contributed by atoms with Crippen molar-refractivity contribution in [3.8, 4) is 0 Å². The molecule has 0 saturated heterocycles. The molecule has 0 radical (unpaired) electrons. The predicted octanol–water partition coefficient (Wildman–Crippen LogP) is 0.273. The third kappa shape index (κ3) is 5.30. The first kappa shape index (κ1) is 15.7. The molecule has 0 aliphatic heterocycles. The van der Waals surface area contributed by atoms with Gasteiger partial charge < -0.3 is 24.9 Å². The molecule has 0 saturated carbocycles. The molecule has 0 bridgehead atoms. The molecule has 0 amide bonds. The maximum atomic E-state index is 9.84. The number of aromatic amines is 2. The first-order valence-corrected chi connectivity index (χ1v) is 6.98. The van der Waals surface area contributed by atoms with Crippen molar-refractivity contribution in [2.75, 3.05) is 13.2 Å². The SMILES string of the molecule is Cc1nc(CC(O)COCC(O)Cc2c[nH]c(C)n2)c[nH]1. The highest BCUT2D eigenvalue weighted by Crippen LogP contribution is 2.04. The van der Waals surface area contributed by atoms with Gasteiger partial charge in [-0.2, -0.15) is 0 Å². The van der Waals surface area contributed by atoms with Crippen molar-refractivity contribution in [3.05, 3.63) is 35.4 Å². The lowest BCUT2D eigenvalue weighted by Gasteiger charge is -2.13. The minimum Gasteiger partial charge on any atom is -0.390 e. The van der Waals surface area contributed by atoms with E-state index in [0.717, 1.165) is 23.0 Å². The zero-order chi connectivity index (χ0) is 15.2. The minimum atomic E-state index is -0.632. The number of hydrogen-bond donors (Lipinski definition) is 4. The number of aliphatic hydroxyl groups excluding tert-OH is 2. The van der Waals surface area contributed by atoms with Crippen LogP contribution < -0.4 is 0 Å². The highest BCUT2D eigenvalue weighted by atomic mass is 16.5. The van der Waals surface area contributed by atoms with Gasteiger partial charge in [0.2, 0.25) is 0 Å². The van der Waals surface area contributed by atoms with Crippen LogP contribution in [-0.2, 0) is 17.6 Å². The van der Waals surface area contributed by atoms with Crippen LogP contribution in [0, 0.1) is 13.8 Å². The Hall–Kier alpha value is -1.70. The number of imidazole rings is 2. The summed E-state index contributed by atoms with van der Waals surface area (Å²) in [5.41, 5.74) is 1.60. The van der Waals surface area contributed by atoms with Crippen LogP contribution >= 0.6 is 0 Å². The minimum absolute atomic E-state index is 0.169. The first-order chi connectivity index (χ1) is 10.0. The fourth-order valence-electron chi connectivity index (χ4n) is 2.09. The molecule has 7 heteroatoms. The molecular formula is C14H22N4O3. The summed E-state index contributed by atoms with van der Waals surface area (Å²) in [5.74, 6) is 1.64. The maximum absolute atomic E-state index is 9.84. The number of nitrogens with zero attached hydrogens (tertiary/aromatic N) is 2. The quantitative estimate of drug-likeness (QED) is 0.559. The molecule has 2 heterocycles. The van der Waals surface area contributed by atoms with Crippen LogP contribution in [-0.4, -0.2) is 55.6 Å². The van der Waals surface area contributed by atoms with Gasteiger partial charge in [-0.1, -0.05) is 0 Å². The second-order valence-electron chi connectivity index (χ2n) is 5.21. The summed E-state index contributed by atoms with van der Waals surface area (Å²) >= 11 is 0. The van der Waals surface area contributed by atoms with Crippen LogP contribution in [0.5, 0.6) is 0 Å². The van der Waals surface area contributed by atoms with Crippen molar-refractivity contribution in [2.45, 2.75) is 38.9 Å². The second-order valence-corrected chi connectivity index (χ2v) is 5.21. The Morgan fingerprint density at radius 3 is 1.71 bits per heavy atom. The number of ether oxygens (including phenoxy) is 1. The molecule has 116 valence electrons. The van der Waals surface area contributed by atoms with Crippen LogP contribution in [0.4, 0.5) is 0 Å². The van der Waals surface area contributed by atoms with Crippen molar-refractivity contribution >= 4 is 0 Å². The third-order valence-electron chi connectivity index (χ3n) is 3.03. The average molecular weight is 294 g/mol.